The largest absolute Gasteiger partial charge is 0.415 e. The second-order valence-corrected chi connectivity index (χ2v) is 9.56. The van der Waals surface area contributed by atoms with Crippen molar-refractivity contribution in [3.05, 3.63) is 29.7 Å². The van der Waals surface area contributed by atoms with Gasteiger partial charge in [0.1, 0.15) is 0 Å². The number of nitrogens with zero attached hydrogens (tertiary/aromatic N) is 3. The number of halogens is 6. The van der Waals surface area contributed by atoms with E-state index < -0.39 is 71.9 Å². The first-order valence-corrected chi connectivity index (χ1v) is 11.1. The van der Waals surface area contributed by atoms with Gasteiger partial charge in [-0.05, 0) is 24.1 Å². The molecule has 33 heavy (non-hydrogen) atoms. The first-order chi connectivity index (χ1) is 15.4. The highest BCUT2D eigenvalue weighted by molar-refractivity contribution is 7.89. The average Bonchev–Trinajstić information content (AvgIpc) is 3.32. The zero-order valence-corrected chi connectivity index (χ0v) is 17.3. The number of aromatic nitrogens is 2. The van der Waals surface area contributed by atoms with Gasteiger partial charge in [-0.1, -0.05) is 6.07 Å². The number of benzene rings is 1. The van der Waals surface area contributed by atoms with Crippen LogP contribution in [0.15, 0.2) is 27.5 Å². The van der Waals surface area contributed by atoms with E-state index in [-0.39, 0.29) is 28.5 Å². The van der Waals surface area contributed by atoms with Crippen molar-refractivity contribution in [2.45, 2.75) is 61.6 Å². The quantitative estimate of drug-likeness (QED) is 0.636. The maximum atomic E-state index is 14.1. The van der Waals surface area contributed by atoms with Crippen molar-refractivity contribution in [3.63, 3.8) is 0 Å². The summed E-state index contributed by atoms with van der Waals surface area (Å²) >= 11 is 0. The number of hydrogen-bond donors (Lipinski definition) is 1. The third-order valence-corrected chi connectivity index (χ3v) is 7.50. The third-order valence-electron chi connectivity index (χ3n) is 5.54. The van der Waals surface area contributed by atoms with Crippen molar-refractivity contribution in [2.24, 2.45) is 0 Å². The Hall–Kier alpha value is -2.68. The molecule has 2 heterocycles. The molecule has 4 rings (SSSR count). The zero-order valence-electron chi connectivity index (χ0n) is 16.5. The van der Waals surface area contributed by atoms with Crippen molar-refractivity contribution in [2.75, 3.05) is 0 Å². The van der Waals surface area contributed by atoms with Crippen molar-refractivity contribution >= 4 is 15.9 Å². The molecule has 180 valence electrons. The summed E-state index contributed by atoms with van der Waals surface area (Å²) in [6.07, 6.45) is -8.50. The van der Waals surface area contributed by atoms with E-state index in [2.05, 4.69) is 10.2 Å². The molecule has 8 nitrogen and oxygen atoms in total. The number of carbonyl (C=O) groups excluding carboxylic acids is 1. The molecule has 1 aliphatic heterocycles. The predicted molar refractivity (Wildman–Crippen MR) is 97.9 cm³/mol. The maximum absolute atomic E-state index is 14.1. The van der Waals surface area contributed by atoms with Crippen LogP contribution in [0.3, 0.4) is 0 Å². The number of nitrogens with one attached hydrogen (secondary N) is 1. The van der Waals surface area contributed by atoms with E-state index >= 15 is 0 Å². The zero-order chi connectivity index (χ0) is 24.1. The van der Waals surface area contributed by atoms with E-state index in [1.54, 1.807) is 0 Å². The molecule has 2 atom stereocenters. The molecule has 1 amide bonds. The molecule has 0 spiro atoms. The molecule has 0 radical (unpaired) electrons. The number of rotatable bonds is 5. The number of carbonyl (C=O) groups is 1. The smallest absolute Gasteiger partial charge is 0.315 e. The maximum Gasteiger partial charge on any atom is 0.315 e. The molecule has 2 aromatic rings. The number of fused-ring (bicyclic) bond motifs is 1. The number of alkyl halides is 6. The van der Waals surface area contributed by atoms with Gasteiger partial charge in [-0.25, -0.2) is 17.2 Å². The predicted octanol–water partition coefficient (Wildman–Crippen LogP) is 3.12. The van der Waals surface area contributed by atoms with Crippen LogP contribution in [0.4, 0.5) is 26.3 Å². The standard InChI is InChI=1S/C18H16F6N4O4S/c19-13(20)15(29)25-10-3-4-18(23,24)6-11(10)28-7-9-2-1-8(5-12(9)33(28,30)31)16-26-27-17(32-16)14(21)22/h1-2,5,10-11,13-14H,3-4,6-7H2,(H,25,29)/t10-,11-/m1/s1. The van der Waals surface area contributed by atoms with Crippen LogP contribution in [0, 0.1) is 0 Å². The second-order valence-electron chi connectivity index (χ2n) is 7.70. The fraction of sp³-hybridized carbons (Fsp3) is 0.500. The van der Waals surface area contributed by atoms with Crippen LogP contribution in [-0.4, -0.2) is 53.3 Å². The van der Waals surface area contributed by atoms with Gasteiger partial charge in [0, 0.05) is 31.0 Å². The van der Waals surface area contributed by atoms with Crippen LogP contribution >= 0.6 is 0 Å². The lowest BCUT2D eigenvalue weighted by Gasteiger charge is -2.40. The fourth-order valence-electron chi connectivity index (χ4n) is 4.00. The normalized spacial score (nSPS) is 24.2. The molecule has 2 aliphatic rings. The average molecular weight is 498 g/mol. The Morgan fingerprint density at radius 3 is 2.58 bits per heavy atom. The monoisotopic (exact) mass is 498 g/mol. The van der Waals surface area contributed by atoms with Crippen molar-refractivity contribution in [3.8, 4) is 11.5 Å². The van der Waals surface area contributed by atoms with E-state index in [1.165, 1.54) is 12.1 Å². The highest BCUT2D eigenvalue weighted by Crippen LogP contribution is 2.42. The topological polar surface area (TPSA) is 105 Å². The fourth-order valence-corrected chi connectivity index (χ4v) is 5.88. The number of hydrogen-bond acceptors (Lipinski definition) is 6. The van der Waals surface area contributed by atoms with E-state index in [9.17, 15) is 39.6 Å². The summed E-state index contributed by atoms with van der Waals surface area (Å²) in [5.74, 6) is -6.27. The SMILES string of the molecule is O=C(N[C@@H]1CCC(F)(F)C[C@H]1N1Cc2ccc(-c3nnc(C(F)F)o3)cc2S1(=O)=O)C(F)F. The van der Waals surface area contributed by atoms with E-state index in [0.717, 1.165) is 10.4 Å². The lowest BCUT2D eigenvalue weighted by Crippen LogP contribution is -2.57. The molecular formula is C18H16F6N4O4S. The summed E-state index contributed by atoms with van der Waals surface area (Å²) in [4.78, 5) is 11.2. The van der Waals surface area contributed by atoms with Gasteiger partial charge in [-0.15, -0.1) is 10.2 Å². The molecule has 1 aliphatic carbocycles. The lowest BCUT2D eigenvalue weighted by atomic mass is 9.87. The third kappa shape index (κ3) is 4.43. The summed E-state index contributed by atoms with van der Waals surface area (Å²) < 4.78 is 111. The van der Waals surface area contributed by atoms with Crippen LogP contribution in [0.2, 0.25) is 0 Å². The summed E-state index contributed by atoms with van der Waals surface area (Å²) in [7, 11) is -4.40. The van der Waals surface area contributed by atoms with Gasteiger partial charge in [0.15, 0.2) is 0 Å². The van der Waals surface area contributed by atoms with E-state index in [1.807, 2.05) is 5.32 Å². The van der Waals surface area contributed by atoms with Crippen LogP contribution in [0.1, 0.15) is 37.1 Å². The first-order valence-electron chi connectivity index (χ1n) is 9.62. The molecule has 1 saturated carbocycles. The van der Waals surface area contributed by atoms with Crippen molar-refractivity contribution < 1.29 is 44.0 Å². The van der Waals surface area contributed by atoms with Crippen LogP contribution in [-0.2, 0) is 21.4 Å². The van der Waals surface area contributed by atoms with E-state index in [4.69, 9.17) is 4.42 Å². The molecule has 1 aromatic carbocycles. The Bertz CT molecular complexity index is 1170. The summed E-state index contributed by atoms with van der Waals surface area (Å²) in [5, 5.41) is 8.58. The summed E-state index contributed by atoms with van der Waals surface area (Å²) in [5.41, 5.74) is 0.218. The Labute approximate surface area is 183 Å². The minimum absolute atomic E-state index is 0.00935. The highest BCUT2D eigenvalue weighted by Gasteiger charge is 2.50. The molecule has 1 fully saturated rings. The lowest BCUT2D eigenvalue weighted by molar-refractivity contribution is -0.134. The number of amides is 1. The van der Waals surface area contributed by atoms with Crippen molar-refractivity contribution in [1.82, 2.24) is 19.8 Å². The minimum atomic E-state index is -4.40. The van der Waals surface area contributed by atoms with Gasteiger partial charge in [-0.3, -0.25) is 4.79 Å². The highest BCUT2D eigenvalue weighted by atomic mass is 32.2. The Morgan fingerprint density at radius 2 is 1.94 bits per heavy atom. The van der Waals surface area contributed by atoms with Crippen LogP contribution in [0.5, 0.6) is 0 Å². The molecule has 1 aromatic heterocycles. The van der Waals surface area contributed by atoms with Gasteiger partial charge in [-0.2, -0.15) is 21.9 Å². The molecule has 0 unspecified atom stereocenters. The Morgan fingerprint density at radius 1 is 1.21 bits per heavy atom. The molecule has 1 N–H and O–H groups in total. The Balaban J connectivity index is 1.66. The molecule has 15 heteroatoms. The van der Waals surface area contributed by atoms with Gasteiger partial charge in [0.25, 0.3) is 11.8 Å². The molecule has 0 saturated heterocycles. The van der Waals surface area contributed by atoms with Gasteiger partial charge in [0.2, 0.25) is 21.8 Å². The molecule has 0 bridgehead atoms. The van der Waals surface area contributed by atoms with Crippen molar-refractivity contribution in [1.29, 1.82) is 0 Å². The second kappa shape index (κ2) is 8.27. The van der Waals surface area contributed by atoms with Crippen LogP contribution < -0.4 is 5.32 Å². The number of sulfonamides is 1. The summed E-state index contributed by atoms with van der Waals surface area (Å²) in [6.45, 7) is -0.341. The minimum Gasteiger partial charge on any atom is -0.415 e. The van der Waals surface area contributed by atoms with Gasteiger partial charge >= 0.3 is 12.9 Å². The Kier molecular flexibility index (Phi) is 5.88. The first kappa shape index (κ1) is 23.5. The van der Waals surface area contributed by atoms with Crippen LogP contribution in [0.25, 0.3) is 11.5 Å². The van der Waals surface area contributed by atoms with Gasteiger partial charge < -0.3 is 9.73 Å². The van der Waals surface area contributed by atoms with Gasteiger partial charge in [0.05, 0.1) is 10.9 Å². The molecular weight excluding hydrogens is 482 g/mol. The van der Waals surface area contributed by atoms with E-state index in [0.29, 0.717) is 0 Å². The summed E-state index contributed by atoms with van der Waals surface area (Å²) in [6, 6.07) is 1.03.